The predicted molar refractivity (Wildman–Crippen MR) is 241 cm³/mol. The highest BCUT2D eigenvalue weighted by Crippen LogP contribution is 2.91. The van der Waals surface area contributed by atoms with Gasteiger partial charge in [-0.2, -0.15) is 0 Å². The van der Waals surface area contributed by atoms with Crippen molar-refractivity contribution in [3.05, 3.63) is 23.0 Å². The third kappa shape index (κ3) is 4.13. The molecule has 4 N–H and O–H groups in total. The number of nitrogens with zero attached hydrogens (tertiary/aromatic N) is 2. The van der Waals surface area contributed by atoms with Crippen molar-refractivity contribution in [2.45, 2.75) is 229 Å². The Kier molecular flexibility index (Phi) is 7.40. The first-order chi connectivity index (χ1) is 30.6. The van der Waals surface area contributed by atoms with Crippen LogP contribution in [0.25, 0.3) is 0 Å². The number of aliphatic hydroxyl groups excluding tert-OH is 2. The molecule has 0 aromatic rings. The van der Waals surface area contributed by atoms with E-state index in [9.17, 15) is 20.4 Å². The molecule has 12 fully saturated rings. The fourth-order valence-electron chi connectivity index (χ4n) is 22.4. The molecule has 8 aliphatic carbocycles. The number of hydrogen-bond acceptors (Lipinski definition) is 10. The second kappa shape index (κ2) is 11.6. The zero-order chi connectivity index (χ0) is 45.0. The molecule has 358 valence electrons. The van der Waals surface area contributed by atoms with Crippen LogP contribution in [0, 0.1) is 80.8 Å². The zero-order valence-corrected chi connectivity index (χ0v) is 41.0. The molecule has 10 heteroatoms. The molecule has 0 aromatic heterocycles. The summed E-state index contributed by atoms with van der Waals surface area (Å²) in [6, 6.07) is 0. The first-order valence-electron chi connectivity index (χ1n) is 27.1. The molecule has 2 bridgehead atoms. The van der Waals surface area contributed by atoms with Crippen molar-refractivity contribution in [2.75, 3.05) is 6.61 Å². The molecule has 25 atom stereocenters. The van der Waals surface area contributed by atoms with Gasteiger partial charge in [0.25, 0.3) is 0 Å². The van der Waals surface area contributed by atoms with Crippen molar-refractivity contribution < 1.29 is 39.4 Å². The second-order valence-electron chi connectivity index (χ2n) is 27.9. The summed E-state index contributed by atoms with van der Waals surface area (Å²) in [7, 11) is 0. The van der Waals surface area contributed by atoms with Crippen LogP contribution in [0.4, 0.5) is 0 Å². The highest BCUT2D eigenvalue weighted by atomic mass is 16.7. The van der Waals surface area contributed by atoms with Gasteiger partial charge < -0.3 is 49.2 Å². The molecule has 4 spiro atoms. The minimum atomic E-state index is -1.27. The maximum absolute atomic E-state index is 13.0. The zero-order valence-electron chi connectivity index (χ0n) is 41.0. The van der Waals surface area contributed by atoms with Gasteiger partial charge in [-0.05, 0) is 156 Å². The van der Waals surface area contributed by atoms with Crippen LogP contribution in [-0.4, -0.2) is 101 Å². The van der Waals surface area contributed by atoms with E-state index >= 15 is 0 Å². The lowest BCUT2D eigenvalue weighted by Gasteiger charge is -2.61. The Morgan fingerprint density at radius 1 is 0.754 bits per heavy atom. The van der Waals surface area contributed by atoms with E-state index in [1.54, 1.807) is 11.4 Å². The van der Waals surface area contributed by atoms with E-state index in [-0.39, 0.29) is 57.9 Å². The third-order valence-corrected chi connectivity index (χ3v) is 26.2. The summed E-state index contributed by atoms with van der Waals surface area (Å²) in [5, 5.41) is 49.0. The van der Waals surface area contributed by atoms with Crippen LogP contribution in [0.1, 0.15) is 165 Å². The Labute approximate surface area is 387 Å². The molecule has 10 nitrogen and oxygen atoms in total. The summed E-state index contributed by atoms with van der Waals surface area (Å²) in [4.78, 5) is 5.92. The minimum absolute atomic E-state index is 0.0937. The Hall–Kier alpha value is -1.24. The van der Waals surface area contributed by atoms with Gasteiger partial charge in [-0.15, -0.1) is 0 Å². The van der Waals surface area contributed by atoms with Crippen LogP contribution in [-0.2, 0) is 18.9 Å². The van der Waals surface area contributed by atoms with Gasteiger partial charge in [0, 0.05) is 52.8 Å². The predicted octanol–water partition coefficient (Wildman–Crippen LogP) is 7.97. The van der Waals surface area contributed by atoms with E-state index in [0.29, 0.717) is 66.1 Å². The summed E-state index contributed by atoms with van der Waals surface area (Å²) in [6.45, 7) is 20.9. The molecular formula is C55H80N2O8. The van der Waals surface area contributed by atoms with Gasteiger partial charge in [-0.25, -0.2) is 0 Å². The summed E-state index contributed by atoms with van der Waals surface area (Å²) < 4.78 is 27.3. The van der Waals surface area contributed by atoms with Crippen LogP contribution >= 0.6 is 0 Å². The molecule has 6 saturated carbocycles. The quantitative estimate of drug-likeness (QED) is 0.152. The maximum atomic E-state index is 13.0. The first kappa shape index (κ1) is 41.5. The van der Waals surface area contributed by atoms with Crippen LogP contribution in [0.5, 0.6) is 0 Å². The van der Waals surface area contributed by atoms with Crippen molar-refractivity contribution in [2.24, 2.45) is 80.8 Å². The summed E-state index contributed by atoms with van der Waals surface area (Å²) >= 11 is 0. The molecule has 0 amide bonds. The van der Waals surface area contributed by atoms with Crippen molar-refractivity contribution in [1.29, 1.82) is 0 Å². The van der Waals surface area contributed by atoms with Crippen LogP contribution < -0.4 is 0 Å². The minimum Gasteiger partial charge on any atom is -0.393 e. The molecule has 0 aromatic carbocycles. The molecule has 8 aliphatic heterocycles. The highest BCUT2D eigenvalue weighted by Gasteiger charge is 3.03. The summed E-state index contributed by atoms with van der Waals surface area (Å²) in [5.41, 5.74) is 1.96. The van der Waals surface area contributed by atoms with Gasteiger partial charge in [0.1, 0.15) is 11.7 Å². The first-order valence-corrected chi connectivity index (χ1v) is 27.1. The lowest BCUT2D eigenvalue weighted by molar-refractivity contribution is -0.289. The fourth-order valence-corrected chi connectivity index (χ4v) is 22.4. The molecule has 16 aliphatic rings. The number of fused-ring (bicyclic) bond motifs is 14. The summed E-state index contributed by atoms with van der Waals surface area (Å²) in [5.74, 6) is 2.49. The molecule has 6 saturated heterocycles. The lowest BCUT2D eigenvalue weighted by atomic mass is 9.44. The monoisotopic (exact) mass is 897 g/mol. The number of rotatable bonds is 1. The van der Waals surface area contributed by atoms with Gasteiger partial charge in [-0.3, -0.25) is 0 Å². The van der Waals surface area contributed by atoms with E-state index in [4.69, 9.17) is 18.9 Å². The largest absolute Gasteiger partial charge is 0.393 e. The smallest absolute Gasteiger partial charge is 0.174 e. The van der Waals surface area contributed by atoms with E-state index in [1.807, 2.05) is 6.92 Å². The van der Waals surface area contributed by atoms with Crippen molar-refractivity contribution in [1.82, 2.24) is 9.80 Å². The molecular weight excluding hydrogens is 817 g/mol. The third-order valence-electron chi connectivity index (χ3n) is 26.2. The topological polar surface area (TPSA) is 124 Å². The van der Waals surface area contributed by atoms with Gasteiger partial charge in [0.2, 0.25) is 0 Å². The summed E-state index contributed by atoms with van der Waals surface area (Å²) in [6.07, 6.45) is 17.5. The number of ether oxygens (including phenoxy) is 4. The average Bonchev–Trinajstić information content (AvgIpc) is 3.53. The van der Waals surface area contributed by atoms with Gasteiger partial charge in [0.15, 0.2) is 22.9 Å². The van der Waals surface area contributed by atoms with Crippen LogP contribution in [0.15, 0.2) is 23.0 Å². The van der Waals surface area contributed by atoms with E-state index in [0.717, 1.165) is 51.4 Å². The average molecular weight is 897 g/mol. The molecule has 2 unspecified atom stereocenters. The van der Waals surface area contributed by atoms with Crippen molar-refractivity contribution in [3.63, 3.8) is 0 Å². The van der Waals surface area contributed by atoms with E-state index < -0.39 is 40.4 Å². The number of allylic oxidation sites excluding steroid dienone is 2. The van der Waals surface area contributed by atoms with Crippen molar-refractivity contribution in [3.8, 4) is 0 Å². The van der Waals surface area contributed by atoms with Crippen molar-refractivity contribution >= 4 is 0 Å². The van der Waals surface area contributed by atoms with Crippen LogP contribution in [0.3, 0.4) is 0 Å². The van der Waals surface area contributed by atoms with Gasteiger partial charge in [0.05, 0.1) is 36.1 Å². The lowest BCUT2D eigenvalue weighted by Crippen LogP contribution is -2.64. The second-order valence-corrected chi connectivity index (χ2v) is 27.9. The van der Waals surface area contributed by atoms with Gasteiger partial charge in [-0.1, -0.05) is 60.1 Å². The molecule has 65 heavy (non-hydrogen) atoms. The molecule has 0 radical (unpaired) electrons. The Morgan fingerprint density at radius 3 is 2.23 bits per heavy atom. The highest BCUT2D eigenvalue weighted by molar-refractivity contribution is 5.61. The molecule has 16 rings (SSSR count). The Balaban J connectivity index is 0.689. The fraction of sp³-hybridized carbons (Fsp3) is 0.927. The number of aliphatic hydroxyl groups is 4. The van der Waals surface area contributed by atoms with E-state index in [1.165, 1.54) is 44.1 Å². The normalized spacial score (nSPS) is 66.9. The SMILES string of the molecule is CC[C@@]1(C)CC[C@@]2(O[C@H]3C[C@H]4[C@@H]5CC[C@H]6CC7=C(C[C@]6(C)[C@H]5C[C@@H](O)[C@]4(C)[C@H]3[C@@H]2C)N2C34C[C@@H]5CC[C@H]6C8=C[C@@H]9O[C@]%10(CC[C@](C)(O)CO%10)[C@@H](C)[C@]9(O)[C@@]8(C)[C@H](O)C[C@@H]6[C@@]5(C)CC23N74)O1. The Morgan fingerprint density at radius 2 is 1.49 bits per heavy atom. The standard InChI is InChI=1S/C55H80N2O8/c1-10-46(5)16-18-51(65-46)28(2)44-40(63-51)20-36-32-13-11-30-19-38-39(25-47(30,6)34(32)21-41(58)49(36,44)8)57-53-24-31-12-14-33-35(48(31,7)26-54(53,57)56(38)53)22-42(59)50(9)37(33)23-43-55(50,61)29(3)52(64-43)17-15-45(4,60)27-62-52/h23,28-36,40-44,58-61H,10-22,24-27H2,1-9H3/t28-,29+,30-,31-,32+,33+,34-,35-,36-,40-,41+,42+,43-,44-,45-,46-,47-,48-,49+,50+,51+,52+,53?,54?,55+,56?,57?/m0/s1. The number of hydrogen-bond donors (Lipinski definition) is 4. The van der Waals surface area contributed by atoms with E-state index in [2.05, 4.69) is 71.3 Å². The Bertz CT molecular complexity index is 2260. The van der Waals surface area contributed by atoms with Crippen LogP contribution in [0.2, 0.25) is 0 Å². The van der Waals surface area contributed by atoms with Gasteiger partial charge >= 0.3 is 0 Å². The molecule has 8 heterocycles. The maximum Gasteiger partial charge on any atom is 0.174 e.